The van der Waals surface area contributed by atoms with Gasteiger partial charge in [-0.3, -0.25) is 9.13 Å². The van der Waals surface area contributed by atoms with Crippen LogP contribution in [0.3, 0.4) is 0 Å². The van der Waals surface area contributed by atoms with Crippen LogP contribution in [0, 0.1) is 0 Å². The quantitative estimate of drug-likeness (QED) is 0.370. The van der Waals surface area contributed by atoms with Crippen LogP contribution < -0.4 is 21.2 Å². The molecule has 0 aliphatic rings. The van der Waals surface area contributed by atoms with E-state index in [-0.39, 0.29) is 22.7 Å². The van der Waals surface area contributed by atoms with Crippen LogP contribution in [-0.4, -0.2) is 33.7 Å². The first-order chi connectivity index (χ1) is 12.1. The summed E-state index contributed by atoms with van der Waals surface area (Å²) in [5, 5.41) is 6.22. The molecule has 26 heavy (non-hydrogen) atoms. The van der Waals surface area contributed by atoms with Crippen LogP contribution in [0.2, 0.25) is 0 Å². The second kappa shape index (κ2) is 8.13. The van der Waals surface area contributed by atoms with Gasteiger partial charge in [-0.15, -0.1) is 0 Å². The summed E-state index contributed by atoms with van der Waals surface area (Å²) < 4.78 is 22.6. The smallest absolute Gasteiger partial charge is 0.321 e. The third-order valence-electron chi connectivity index (χ3n) is 4.13. The highest BCUT2D eigenvalue weighted by Gasteiger charge is 2.24. The maximum Gasteiger partial charge on any atom is 0.356 e. The molecule has 2 rings (SSSR count). The number of hydrogen-bond donors (Lipinski definition) is 6. The van der Waals surface area contributed by atoms with Gasteiger partial charge in [0, 0.05) is 0 Å². The summed E-state index contributed by atoms with van der Waals surface area (Å²) in [6, 6.07) is 11.7. The Labute approximate surface area is 151 Å². The summed E-state index contributed by atoms with van der Waals surface area (Å²) in [5.41, 5.74) is 1.62. The molecular formula is C16H22N2O6P2. The molecule has 2 atom stereocenters. The van der Waals surface area contributed by atoms with Crippen molar-refractivity contribution in [2.75, 3.05) is 14.1 Å². The Kier molecular flexibility index (Phi) is 6.55. The Hall–Kier alpha value is -1.34. The van der Waals surface area contributed by atoms with Gasteiger partial charge in [0.25, 0.3) is 0 Å². The number of rotatable bonds is 7. The van der Waals surface area contributed by atoms with Crippen molar-refractivity contribution in [3.63, 3.8) is 0 Å². The van der Waals surface area contributed by atoms with Crippen LogP contribution in [0.25, 0.3) is 0 Å². The SMILES string of the molecule is CN[C@@H](c1ccc(P(=O)(O)O)cc1)[C@@H](NC)c1ccc(P(=O)(O)O)cc1. The van der Waals surface area contributed by atoms with Gasteiger partial charge in [0.1, 0.15) is 0 Å². The minimum absolute atomic E-state index is 0.0527. The topological polar surface area (TPSA) is 139 Å². The number of benzene rings is 2. The van der Waals surface area contributed by atoms with E-state index in [4.69, 9.17) is 0 Å². The van der Waals surface area contributed by atoms with E-state index >= 15 is 0 Å². The van der Waals surface area contributed by atoms with E-state index < -0.39 is 15.2 Å². The molecule has 10 heteroatoms. The van der Waals surface area contributed by atoms with Gasteiger partial charge in [0.15, 0.2) is 0 Å². The molecule has 0 aromatic heterocycles. The van der Waals surface area contributed by atoms with Crippen molar-refractivity contribution in [2.45, 2.75) is 12.1 Å². The molecule has 142 valence electrons. The molecule has 0 saturated heterocycles. The van der Waals surface area contributed by atoms with E-state index in [1.807, 2.05) is 0 Å². The molecule has 8 nitrogen and oxygen atoms in total. The predicted octanol–water partition coefficient (Wildman–Crippen LogP) is 0.514. The standard InChI is InChI=1S/C16H22N2O6P2/c1-17-15(11-3-7-13(8-4-11)25(19,20)21)16(18-2)12-5-9-14(10-6-12)26(22,23)24/h3-10,15-18H,1-2H3,(H2,19,20,21)(H2,22,23,24)/t15-,16-/m0/s1. The number of likely N-dealkylation sites (N-methyl/N-ethyl adjacent to an activating group) is 2. The van der Waals surface area contributed by atoms with E-state index in [1.54, 1.807) is 38.4 Å². The fourth-order valence-corrected chi connectivity index (χ4v) is 3.88. The normalized spacial score (nSPS) is 14.8. The van der Waals surface area contributed by atoms with Crippen molar-refractivity contribution in [3.8, 4) is 0 Å². The summed E-state index contributed by atoms with van der Waals surface area (Å²) in [7, 11) is -5.07. The molecule has 0 radical (unpaired) electrons. The van der Waals surface area contributed by atoms with Crippen LogP contribution in [0.5, 0.6) is 0 Å². The van der Waals surface area contributed by atoms with Crippen molar-refractivity contribution in [2.24, 2.45) is 0 Å². The van der Waals surface area contributed by atoms with E-state index in [0.29, 0.717) is 0 Å². The van der Waals surface area contributed by atoms with Gasteiger partial charge >= 0.3 is 15.2 Å². The fourth-order valence-electron chi connectivity index (χ4n) is 2.80. The summed E-state index contributed by atoms with van der Waals surface area (Å²) in [4.78, 5) is 36.9. The Morgan fingerprint density at radius 3 is 1.12 bits per heavy atom. The summed E-state index contributed by atoms with van der Waals surface area (Å²) in [6.45, 7) is 0. The maximum atomic E-state index is 11.3. The first kappa shape index (κ1) is 21.0. The summed E-state index contributed by atoms with van der Waals surface area (Å²) in [5.74, 6) is 0. The van der Waals surface area contributed by atoms with Gasteiger partial charge in [0.2, 0.25) is 0 Å². The molecule has 0 unspecified atom stereocenters. The minimum atomic E-state index is -4.30. The van der Waals surface area contributed by atoms with E-state index in [0.717, 1.165) is 11.1 Å². The second-order valence-corrected chi connectivity index (χ2v) is 9.01. The van der Waals surface area contributed by atoms with Gasteiger partial charge in [-0.2, -0.15) is 0 Å². The molecule has 0 aliphatic heterocycles. The molecule has 6 N–H and O–H groups in total. The third kappa shape index (κ3) is 4.88. The highest BCUT2D eigenvalue weighted by Crippen LogP contribution is 2.36. The molecule has 0 amide bonds. The minimum Gasteiger partial charge on any atom is -0.321 e. The molecule has 0 bridgehead atoms. The van der Waals surface area contributed by atoms with Gasteiger partial charge in [-0.05, 0) is 49.5 Å². The first-order valence-electron chi connectivity index (χ1n) is 7.74. The van der Waals surface area contributed by atoms with Gasteiger partial charge in [-0.25, -0.2) is 0 Å². The Balaban J connectivity index is 2.34. The maximum absolute atomic E-state index is 11.3. The lowest BCUT2D eigenvalue weighted by Crippen LogP contribution is -2.32. The molecule has 0 aliphatic carbocycles. The number of nitrogens with one attached hydrogen (secondary N) is 2. The fraction of sp³-hybridized carbons (Fsp3) is 0.250. The lowest BCUT2D eigenvalue weighted by Gasteiger charge is -2.28. The van der Waals surface area contributed by atoms with Crippen molar-refractivity contribution < 1.29 is 28.7 Å². The molecular weight excluding hydrogens is 378 g/mol. The highest BCUT2D eigenvalue weighted by atomic mass is 31.2. The Morgan fingerprint density at radius 1 is 0.654 bits per heavy atom. The van der Waals surface area contributed by atoms with Crippen LogP contribution in [0.4, 0.5) is 0 Å². The zero-order valence-corrected chi connectivity index (χ0v) is 16.1. The number of hydrogen-bond acceptors (Lipinski definition) is 4. The molecule has 2 aromatic rings. The third-order valence-corrected chi connectivity index (χ3v) is 6.07. The van der Waals surface area contributed by atoms with E-state index in [2.05, 4.69) is 10.6 Å². The highest BCUT2D eigenvalue weighted by molar-refractivity contribution is 7.60. The lowest BCUT2D eigenvalue weighted by atomic mass is 9.93. The molecule has 0 fully saturated rings. The van der Waals surface area contributed by atoms with Crippen LogP contribution in [0.1, 0.15) is 23.2 Å². The molecule has 2 aromatic carbocycles. The van der Waals surface area contributed by atoms with Gasteiger partial charge < -0.3 is 30.2 Å². The van der Waals surface area contributed by atoms with Crippen molar-refractivity contribution in [3.05, 3.63) is 59.7 Å². The van der Waals surface area contributed by atoms with Crippen molar-refractivity contribution >= 4 is 25.8 Å². The van der Waals surface area contributed by atoms with Gasteiger partial charge in [0.05, 0.1) is 22.7 Å². The molecule has 0 spiro atoms. The summed E-state index contributed by atoms with van der Waals surface area (Å²) >= 11 is 0. The zero-order valence-electron chi connectivity index (χ0n) is 14.3. The second-order valence-electron chi connectivity index (χ2n) is 5.80. The largest absolute Gasteiger partial charge is 0.356 e. The monoisotopic (exact) mass is 400 g/mol. The molecule has 0 saturated carbocycles. The zero-order chi connectivity index (χ0) is 19.5. The Bertz CT molecular complexity index is 757. The van der Waals surface area contributed by atoms with Crippen LogP contribution >= 0.6 is 15.2 Å². The Morgan fingerprint density at radius 2 is 0.923 bits per heavy atom. The predicted molar refractivity (Wildman–Crippen MR) is 99.8 cm³/mol. The van der Waals surface area contributed by atoms with Crippen molar-refractivity contribution in [1.82, 2.24) is 10.6 Å². The lowest BCUT2D eigenvalue weighted by molar-refractivity contribution is 0.385. The van der Waals surface area contributed by atoms with E-state index in [1.165, 1.54) is 24.3 Å². The average molecular weight is 400 g/mol. The van der Waals surface area contributed by atoms with Gasteiger partial charge in [-0.1, -0.05) is 24.3 Å². The van der Waals surface area contributed by atoms with Crippen LogP contribution in [-0.2, 0) is 9.13 Å². The first-order valence-corrected chi connectivity index (χ1v) is 11.0. The van der Waals surface area contributed by atoms with Crippen molar-refractivity contribution in [1.29, 1.82) is 0 Å². The van der Waals surface area contributed by atoms with Crippen LogP contribution in [0.15, 0.2) is 48.5 Å². The van der Waals surface area contributed by atoms with E-state index in [9.17, 15) is 28.7 Å². The average Bonchev–Trinajstić information content (AvgIpc) is 2.58. The molecule has 0 heterocycles. The summed E-state index contributed by atoms with van der Waals surface area (Å²) in [6.07, 6.45) is 0.